The van der Waals surface area contributed by atoms with Crippen molar-refractivity contribution in [2.75, 3.05) is 0 Å². The van der Waals surface area contributed by atoms with Gasteiger partial charge in [0.15, 0.2) is 0 Å². The van der Waals surface area contributed by atoms with E-state index >= 15 is 0 Å². The minimum atomic E-state index is -0.201. The molecule has 90 valence electrons. The van der Waals surface area contributed by atoms with Gasteiger partial charge in [0.1, 0.15) is 11.8 Å². The molecule has 1 atom stereocenters. The molecule has 0 spiro atoms. The van der Waals surface area contributed by atoms with Gasteiger partial charge in [0.05, 0.1) is 10.7 Å². The first-order chi connectivity index (χ1) is 8.11. The van der Waals surface area contributed by atoms with Gasteiger partial charge in [-0.3, -0.25) is 5.84 Å². The van der Waals surface area contributed by atoms with Gasteiger partial charge < -0.3 is 4.42 Å². The largest absolute Gasteiger partial charge is 0.466 e. The first-order valence-electron chi connectivity index (χ1n) is 4.77. The van der Waals surface area contributed by atoms with Crippen LogP contribution in [0.2, 0.25) is 0 Å². The normalized spacial score (nSPS) is 12.7. The second-order valence-corrected chi connectivity index (χ2v) is 6.12. The fraction of sp³-hybridized carbons (Fsp3) is 0.0909. The van der Waals surface area contributed by atoms with Crippen molar-refractivity contribution in [2.24, 2.45) is 5.84 Å². The van der Waals surface area contributed by atoms with E-state index < -0.39 is 0 Å². The quantitative estimate of drug-likeness (QED) is 0.575. The molecule has 17 heavy (non-hydrogen) atoms. The predicted octanol–water partition coefficient (Wildman–Crippen LogP) is 4.12. The zero-order valence-electron chi connectivity index (χ0n) is 8.58. The summed E-state index contributed by atoms with van der Waals surface area (Å²) in [4.78, 5) is 0. The number of hydrogen-bond donors (Lipinski definition) is 2. The molecule has 0 aliphatic carbocycles. The molecule has 3 N–H and O–H groups in total. The van der Waals surface area contributed by atoms with E-state index in [9.17, 15) is 0 Å². The fourth-order valence-electron chi connectivity index (χ4n) is 1.58. The summed E-state index contributed by atoms with van der Waals surface area (Å²) in [7, 11) is 0. The number of nitrogens with two attached hydrogens (primary N) is 1. The van der Waals surface area contributed by atoms with Gasteiger partial charge in [-0.2, -0.15) is 0 Å². The van der Waals surface area contributed by atoms with Crippen LogP contribution in [0.1, 0.15) is 17.4 Å². The Morgan fingerprint density at radius 1 is 1.12 bits per heavy atom. The lowest BCUT2D eigenvalue weighted by molar-refractivity contribution is 0.449. The number of rotatable bonds is 3. The standard InChI is InChI=1S/C11H9Br3N2O/c12-7-3-6(4-8(13)5-7)10(16-15)11-9(14)1-2-17-11/h1-5,10,16H,15H2. The number of nitrogens with one attached hydrogen (secondary N) is 1. The van der Waals surface area contributed by atoms with E-state index in [2.05, 4.69) is 53.2 Å². The average Bonchev–Trinajstić information content (AvgIpc) is 2.65. The average molecular weight is 425 g/mol. The molecule has 0 fully saturated rings. The molecule has 1 heterocycles. The molecule has 1 unspecified atom stereocenters. The lowest BCUT2D eigenvalue weighted by Crippen LogP contribution is -2.28. The zero-order valence-corrected chi connectivity index (χ0v) is 13.3. The van der Waals surface area contributed by atoms with Crippen molar-refractivity contribution < 1.29 is 4.42 Å². The molecule has 0 amide bonds. The molecule has 0 radical (unpaired) electrons. The molecule has 2 aromatic rings. The van der Waals surface area contributed by atoms with Crippen molar-refractivity contribution in [2.45, 2.75) is 6.04 Å². The monoisotopic (exact) mass is 422 g/mol. The van der Waals surface area contributed by atoms with Crippen LogP contribution in [-0.4, -0.2) is 0 Å². The van der Waals surface area contributed by atoms with Crippen LogP contribution >= 0.6 is 47.8 Å². The van der Waals surface area contributed by atoms with Crippen LogP contribution in [0.15, 0.2) is 48.4 Å². The minimum absolute atomic E-state index is 0.201. The van der Waals surface area contributed by atoms with Crippen LogP contribution in [0.3, 0.4) is 0 Å². The van der Waals surface area contributed by atoms with Gasteiger partial charge >= 0.3 is 0 Å². The second kappa shape index (κ2) is 5.67. The molecule has 1 aromatic heterocycles. The first-order valence-corrected chi connectivity index (χ1v) is 7.14. The summed E-state index contributed by atoms with van der Waals surface area (Å²) >= 11 is 10.3. The maximum absolute atomic E-state index is 5.60. The van der Waals surface area contributed by atoms with Gasteiger partial charge in [0.25, 0.3) is 0 Å². The summed E-state index contributed by atoms with van der Waals surface area (Å²) in [5, 5.41) is 0. The van der Waals surface area contributed by atoms with E-state index in [1.54, 1.807) is 6.26 Å². The Bertz CT molecular complexity index is 507. The molecule has 0 saturated heterocycles. The Balaban J connectivity index is 2.45. The van der Waals surface area contributed by atoms with E-state index in [1.165, 1.54) is 0 Å². The Hall–Kier alpha value is -0.140. The molecular weight excluding hydrogens is 416 g/mol. The molecule has 1 aromatic carbocycles. The van der Waals surface area contributed by atoms with Crippen LogP contribution in [-0.2, 0) is 0 Å². The van der Waals surface area contributed by atoms with Gasteiger partial charge in [0.2, 0.25) is 0 Å². The third kappa shape index (κ3) is 3.00. The number of halogens is 3. The molecular formula is C11H9Br3N2O. The van der Waals surface area contributed by atoms with Crippen LogP contribution in [0, 0.1) is 0 Å². The summed E-state index contributed by atoms with van der Waals surface area (Å²) in [6, 6.07) is 7.59. The van der Waals surface area contributed by atoms with Crippen molar-refractivity contribution in [1.82, 2.24) is 5.43 Å². The van der Waals surface area contributed by atoms with E-state index in [0.29, 0.717) is 0 Å². The summed E-state index contributed by atoms with van der Waals surface area (Å²) in [6.07, 6.45) is 1.62. The highest BCUT2D eigenvalue weighted by molar-refractivity contribution is 9.11. The van der Waals surface area contributed by atoms with Crippen LogP contribution < -0.4 is 11.3 Å². The van der Waals surface area contributed by atoms with Gasteiger partial charge in [0, 0.05) is 8.95 Å². The highest BCUT2D eigenvalue weighted by Crippen LogP contribution is 2.32. The highest BCUT2D eigenvalue weighted by atomic mass is 79.9. The minimum Gasteiger partial charge on any atom is -0.466 e. The van der Waals surface area contributed by atoms with Crippen LogP contribution in [0.25, 0.3) is 0 Å². The maximum atomic E-state index is 5.60. The van der Waals surface area contributed by atoms with Crippen LogP contribution in [0.4, 0.5) is 0 Å². The molecule has 0 bridgehead atoms. The van der Waals surface area contributed by atoms with Crippen molar-refractivity contribution in [3.8, 4) is 0 Å². The Morgan fingerprint density at radius 2 is 1.76 bits per heavy atom. The van der Waals surface area contributed by atoms with Crippen LogP contribution in [0.5, 0.6) is 0 Å². The molecule has 2 rings (SSSR count). The lowest BCUT2D eigenvalue weighted by Gasteiger charge is -2.15. The summed E-state index contributed by atoms with van der Waals surface area (Å²) in [5.74, 6) is 6.35. The van der Waals surface area contributed by atoms with Crippen molar-refractivity contribution in [3.05, 3.63) is 55.3 Å². The van der Waals surface area contributed by atoms with E-state index in [1.807, 2.05) is 24.3 Å². The third-order valence-corrected chi connectivity index (χ3v) is 3.86. The number of benzene rings is 1. The Kier molecular flexibility index (Phi) is 4.43. The smallest absolute Gasteiger partial charge is 0.140 e. The van der Waals surface area contributed by atoms with Gasteiger partial charge in [-0.25, -0.2) is 5.43 Å². The summed E-state index contributed by atoms with van der Waals surface area (Å²) in [5.41, 5.74) is 3.75. The van der Waals surface area contributed by atoms with Gasteiger partial charge in [-0.15, -0.1) is 0 Å². The molecule has 6 heteroatoms. The molecule has 3 nitrogen and oxygen atoms in total. The van der Waals surface area contributed by atoms with E-state index in [-0.39, 0.29) is 6.04 Å². The molecule has 0 saturated carbocycles. The third-order valence-electron chi connectivity index (χ3n) is 2.29. The lowest BCUT2D eigenvalue weighted by atomic mass is 10.1. The maximum Gasteiger partial charge on any atom is 0.140 e. The topological polar surface area (TPSA) is 51.2 Å². The number of hydrogen-bond acceptors (Lipinski definition) is 3. The molecule has 0 aliphatic rings. The molecule has 0 aliphatic heterocycles. The van der Waals surface area contributed by atoms with Crippen molar-refractivity contribution >= 4 is 47.8 Å². The first kappa shape index (κ1) is 13.3. The zero-order chi connectivity index (χ0) is 12.4. The van der Waals surface area contributed by atoms with E-state index in [0.717, 1.165) is 24.7 Å². The van der Waals surface area contributed by atoms with Crippen molar-refractivity contribution in [3.63, 3.8) is 0 Å². The van der Waals surface area contributed by atoms with Crippen molar-refractivity contribution in [1.29, 1.82) is 0 Å². The predicted molar refractivity (Wildman–Crippen MR) is 77.4 cm³/mol. The van der Waals surface area contributed by atoms with E-state index in [4.69, 9.17) is 10.3 Å². The summed E-state index contributed by atoms with van der Waals surface area (Å²) < 4.78 is 8.27. The number of hydrazine groups is 1. The Morgan fingerprint density at radius 3 is 2.24 bits per heavy atom. The Labute approximate surface area is 124 Å². The highest BCUT2D eigenvalue weighted by Gasteiger charge is 2.19. The second-order valence-electron chi connectivity index (χ2n) is 3.44. The number of furan rings is 1. The van der Waals surface area contributed by atoms with Gasteiger partial charge in [-0.1, -0.05) is 31.9 Å². The SMILES string of the molecule is NNC(c1cc(Br)cc(Br)c1)c1occc1Br. The summed E-state index contributed by atoms with van der Waals surface area (Å²) in [6.45, 7) is 0. The fourth-order valence-corrected chi connectivity index (χ4v) is 3.34. The van der Waals surface area contributed by atoms with Gasteiger partial charge in [-0.05, 0) is 45.8 Å².